The maximum absolute atomic E-state index is 13.4. The van der Waals surface area contributed by atoms with Gasteiger partial charge in [0.25, 0.3) is 5.91 Å². The molecule has 1 aromatic carbocycles. The molecule has 0 aliphatic heterocycles. The third kappa shape index (κ3) is 5.99. The van der Waals surface area contributed by atoms with Crippen molar-refractivity contribution in [3.8, 4) is 22.9 Å². The number of hydrogen-bond acceptors (Lipinski definition) is 7. The molecule has 13 heteroatoms. The van der Waals surface area contributed by atoms with E-state index in [1.54, 1.807) is 37.4 Å². The van der Waals surface area contributed by atoms with E-state index in [4.69, 9.17) is 4.74 Å². The van der Waals surface area contributed by atoms with Gasteiger partial charge in [0.05, 0.1) is 24.7 Å². The number of amides is 2. The first-order valence-corrected chi connectivity index (χ1v) is 11.2. The summed E-state index contributed by atoms with van der Waals surface area (Å²) < 4.78 is 48.6. The quantitative estimate of drug-likeness (QED) is 0.382. The van der Waals surface area contributed by atoms with Gasteiger partial charge in [-0.1, -0.05) is 12.1 Å². The Morgan fingerprint density at radius 2 is 1.89 bits per heavy atom. The molecule has 198 valence electrons. The predicted octanol–water partition coefficient (Wildman–Crippen LogP) is 4.24. The van der Waals surface area contributed by atoms with Crippen LogP contribution in [0.4, 0.5) is 19.0 Å². The van der Waals surface area contributed by atoms with Crippen LogP contribution in [0.25, 0.3) is 16.9 Å². The first-order valence-electron chi connectivity index (χ1n) is 11.2. The number of aryl methyl sites for hydroxylation is 1. The van der Waals surface area contributed by atoms with Crippen molar-refractivity contribution in [1.29, 1.82) is 0 Å². The third-order valence-electron chi connectivity index (χ3n) is 5.40. The molecule has 4 aromatic rings. The maximum atomic E-state index is 13.4. The van der Waals surface area contributed by atoms with Gasteiger partial charge in [-0.05, 0) is 42.8 Å². The predicted molar refractivity (Wildman–Crippen MR) is 131 cm³/mol. The fourth-order valence-electron chi connectivity index (χ4n) is 3.81. The SMILES string of the molecule is COc1nc(C)c(-c2ccc3nc(NC(C)=O)cn3n2)cc1C(=O)N(C)Cc1cccc(OC(F)(F)F)c1. The number of carbonyl (C=O) groups is 2. The number of nitrogens with zero attached hydrogens (tertiary/aromatic N) is 5. The molecule has 0 atom stereocenters. The van der Waals surface area contributed by atoms with Crippen molar-refractivity contribution in [1.82, 2.24) is 24.5 Å². The maximum Gasteiger partial charge on any atom is 0.573 e. The lowest BCUT2D eigenvalue weighted by Gasteiger charge is -2.20. The van der Waals surface area contributed by atoms with Crippen LogP contribution in [0.15, 0.2) is 48.7 Å². The van der Waals surface area contributed by atoms with Gasteiger partial charge in [0.15, 0.2) is 11.5 Å². The zero-order chi connectivity index (χ0) is 27.6. The molecule has 0 unspecified atom stereocenters. The number of rotatable bonds is 7. The second-order valence-corrected chi connectivity index (χ2v) is 8.36. The number of anilines is 1. The molecule has 1 N–H and O–H groups in total. The van der Waals surface area contributed by atoms with Gasteiger partial charge in [-0.25, -0.2) is 14.5 Å². The highest BCUT2D eigenvalue weighted by Crippen LogP contribution is 2.29. The van der Waals surface area contributed by atoms with Crippen molar-refractivity contribution < 1.29 is 32.2 Å². The van der Waals surface area contributed by atoms with E-state index in [9.17, 15) is 22.8 Å². The van der Waals surface area contributed by atoms with Crippen LogP contribution in [-0.2, 0) is 11.3 Å². The summed E-state index contributed by atoms with van der Waals surface area (Å²) in [5, 5.41) is 7.13. The smallest absolute Gasteiger partial charge is 0.480 e. The van der Waals surface area contributed by atoms with E-state index in [0.29, 0.717) is 34.0 Å². The van der Waals surface area contributed by atoms with Crippen molar-refractivity contribution >= 4 is 23.3 Å². The Morgan fingerprint density at radius 1 is 1.13 bits per heavy atom. The molecule has 0 spiro atoms. The summed E-state index contributed by atoms with van der Waals surface area (Å²) in [7, 11) is 2.90. The molecule has 3 aromatic heterocycles. The van der Waals surface area contributed by atoms with Crippen LogP contribution < -0.4 is 14.8 Å². The number of imidazole rings is 1. The Hall–Kier alpha value is -4.68. The lowest BCUT2D eigenvalue weighted by Crippen LogP contribution is -2.27. The Kier molecular flexibility index (Phi) is 7.19. The number of pyridine rings is 1. The topological polar surface area (TPSA) is 111 Å². The van der Waals surface area contributed by atoms with Crippen molar-refractivity contribution in [3.63, 3.8) is 0 Å². The summed E-state index contributed by atoms with van der Waals surface area (Å²) in [6.07, 6.45) is -3.26. The van der Waals surface area contributed by atoms with Gasteiger partial charge in [0.2, 0.25) is 11.8 Å². The zero-order valence-corrected chi connectivity index (χ0v) is 20.8. The number of nitrogens with one attached hydrogen (secondary N) is 1. The van der Waals surface area contributed by atoms with Crippen LogP contribution in [-0.4, -0.2) is 56.8 Å². The number of halogens is 3. The molecule has 0 bridgehead atoms. The van der Waals surface area contributed by atoms with Gasteiger partial charge in [-0.15, -0.1) is 13.2 Å². The first-order chi connectivity index (χ1) is 17.9. The fraction of sp³-hybridized carbons (Fsp3) is 0.240. The fourth-order valence-corrected chi connectivity index (χ4v) is 3.81. The molecule has 10 nitrogen and oxygen atoms in total. The molecule has 0 aliphatic carbocycles. The van der Waals surface area contributed by atoms with E-state index in [0.717, 1.165) is 0 Å². The Bertz CT molecular complexity index is 1520. The highest BCUT2D eigenvalue weighted by atomic mass is 19.4. The minimum absolute atomic E-state index is 0.00538. The summed E-state index contributed by atoms with van der Waals surface area (Å²) in [6.45, 7) is 3.12. The van der Waals surface area contributed by atoms with Crippen LogP contribution in [0.2, 0.25) is 0 Å². The summed E-state index contributed by atoms with van der Waals surface area (Å²) in [6, 6.07) is 10.4. The van der Waals surface area contributed by atoms with Crippen LogP contribution in [0.5, 0.6) is 11.6 Å². The van der Waals surface area contributed by atoms with E-state index in [1.807, 2.05) is 0 Å². The molecule has 0 saturated heterocycles. The number of methoxy groups -OCH3 is 1. The van der Waals surface area contributed by atoms with Crippen LogP contribution in [0.1, 0.15) is 28.5 Å². The minimum atomic E-state index is -4.82. The second kappa shape index (κ2) is 10.4. The Labute approximate surface area is 215 Å². The van der Waals surface area contributed by atoms with Gasteiger partial charge < -0.3 is 19.7 Å². The third-order valence-corrected chi connectivity index (χ3v) is 5.40. The molecule has 0 fully saturated rings. The van der Waals surface area contributed by atoms with E-state index in [-0.39, 0.29) is 29.6 Å². The normalized spacial score (nSPS) is 11.3. The lowest BCUT2D eigenvalue weighted by atomic mass is 10.1. The number of hydrogen-bond donors (Lipinski definition) is 1. The lowest BCUT2D eigenvalue weighted by molar-refractivity contribution is -0.274. The van der Waals surface area contributed by atoms with Gasteiger partial charge in [-0.3, -0.25) is 9.59 Å². The standard InChI is InChI=1S/C25H23F3N6O4/c1-14-18(20-8-9-22-31-21(30-15(2)35)13-34(22)32-20)11-19(23(29-14)37-4)24(36)33(3)12-16-6-5-7-17(10-16)38-25(26,27)28/h5-11,13H,12H2,1-4H3,(H,30,35). The van der Waals surface area contributed by atoms with Gasteiger partial charge in [0.1, 0.15) is 11.3 Å². The van der Waals surface area contributed by atoms with Crippen LogP contribution >= 0.6 is 0 Å². The molecule has 38 heavy (non-hydrogen) atoms. The number of alkyl halides is 3. The van der Waals surface area contributed by atoms with Crippen molar-refractivity contribution in [2.24, 2.45) is 0 Å². The average Bonchev–Trinajstić information content (AvgIpc) is 3.23. The first kappa shape index (κ1) is 26.4. The monoisotopic (exact) mass is 528 g/mol. The number of ether oxygens (including phenoxy) is 2. The second-order valence-electron chi connectivity index (χ2n) is 8.36. The largest absolute Gasteiger partial charge is 0.573 e. The summed E-state index contributed by atoms with van der Waals surface area (Å²) in [4.78, 5) is 34.7. The van der Waals surface area contributed by atoms with E-state index in [1.165, 1.54) is 48.7 Å². The van der Waals surface area contributed by atoms with E-state index < -0.39 is 12.3 Å². The summed E-state index contributed by atoms with van der Waals surface area (Å²) >= 11 is 0. The molecular weight excluding hydrogens is 505 g/mol. The molecule has 0 saturated carbocycles. The molecule has 2 amide bonds. The van der Waals surface area contributed by atoms with Crippen LogP contribution in [0.3, 0.4) is 0 Å². The number of carbonyl (C=O) groups excluding carboxylic acids is 2. The van der Waals surface area contributed by atoms with Crippen LogP contribution in [0, 0.1) is 6.92 Å². The van der Waals surface area contributed by atoms with Crippen molar-refractivity contribution in [2.75, 3.05) is 19.5 Å². The molecule has 0 radical (unpaired) electrons. The van der Waals surface area contributed by atoms with Crippen molar-refractivity contribution in [2.45, 2.75) is 26.8 Å². The molecular formula is C25H23F3N6O4. The van der Waals surface area contributed by atoms with E-state index >= 15 is 0 Å². The van der Waals surface area contributed by atoms with Gasteiger partial charge >= 0.3 is 6.36 Å². The highest BCUT2D eigenvalue weighted by molar-refractivity contribution is 5.97. The number of fused-ring (bicyclic) bond motifs is 1. The number of benzene rings is 1. The Morgan fingerprint density at radius 3 is 2.58 bits per heavy atom. The highest BCUT2D eigenvalue weighted by Gasteiger charge is 2.31. The average molecular weight is 528 g/mol. The zero-order valence-electron chi connectivity index (χ0n) is 20.8. The summed E-state index contributed by atoms with van der Waals surface area (Å²) in [5.74, 6) is -0.678. The molecule has 3 heterocycles. The van der Waals surface area contributed by atoms with Crippen molar-refractivity contribution in [3.05, 3.63) is 65.5 Å². The summed E-state index contributed by atoms with van der Waals surface area (Å²) in [5.41, 5.74) is 2.68. The minimum Gasteiger partial charge on any atom is -0.480 e. The van der Waals surface area contributed by atoms with E-state index in [2.05, 4.69) is 25.1 Å². The molecule has 0 aliphatic rings. The molecule has 4 rings (SSSR count). The Balaban J connectivity index is 1.63. The van der Waals surface area contributed by atoms with Gasteiger partial charge in [-0.2, -0.15) is 5.10 Å². The number of aromatic nitrogens is 4. The van der Waals surface area contributed by atoms with Gasteiger partial charge in [0, 0.05) is 26.1 Å².